The molecule has 0 aliphatic heterocycles. The van der Waals surface area contributed by atoms with E-state index in [1.807, 2.05) is 0 Å². The van der Waals surface area contributed by atoms with Crippen LogP contribution in [-0.4, -0.2) is 0 Å². The molecule has 3 aliphatic carbocycles. The molecule has 0 radical (unpaired) electrons. The van der Waals surface area contributed by atoms with E-state index in [9.17, 15) is 0 Å². The van der Waals surface area contributed by atoms with Gasteiger partial charge < -0.3 is 0 Å². The Morgan fingerprint density at radius 2 is 2.45 bits per heavy atom. The molecule has 0 aromatic rings. The molecule has 0 N–H and O–H groups in total. The van der Waals surface area contributed by atoms with Gasteiger partial charge in [0.05, 0.1) is 0 Å². The fourth-order valence-electron chi connectivity index (χ4n) is 2.69. The highest BCUT2D eigenvalue weighted by atomic mass is 14.6. The van der Waals surface area contributed by atoms with Gasteiger partial charge >= 0.3 is 0 Å². The fourth-order valence-corrected chi connectivity index (χ4v) is 2.69. The van der Waals surface area contributed by atoms with E-state index in [4.69, 9.17) is 0 Å². The Labute approximate surface area is 67.3 Å². The number of allylic oxidation sites excluding steroid dienone is 6. The smallest absolute Gasteiger partial charge is 0.00591 e. The molecule has 1 saturated carbocycles. The van der Waals surface area contributed by atoms with Crippen LogP contribution in [0.5, 0.6) is 0 Å². The molecule has 11 heavy (non-hydrogen) atoms. The van der Waals surface area contributed by atoms with Gasteiger partial charge in [-0.1, -0.05) is 29.9 Å². The second-order valence-corrected chi connectivity index (χ2v) is 4.14. The maximum Gasteiger partial charge on any atom is 0.00591 e. The SMILES string of the molecule is CC1=CC2=CC=CC3CC23C1. The molecule has 0 nitrogen and oxygen atoms in total. The number of rotatable bonds is 0. The van der Waals surface area contributed by atoms with Crippen molar-refractivity contribution in [1.82, 2.24) is 0 Å². The molecule has 0 heterocycles. The van der Waals surface area contributed by atoms with Crippen LogP contribution in [0.25, 0.3) is 0 Å². The number of hydrogen-bond acceptors (Lipinski definition) is 0. The van der Waals surface area contributed by atoms with Gasteiger partial charge in [-0.15, -0.1) is 0 Å². The van der Waals surface area contributed by atoms with E-state index in [-0.39, 0.29) is 0 Å². The largest absolute Gasteiger partial charge is 0.0805 e. The van der Waals surface area contributed by atoms with Crippen molar-refractivity contribution in [2.24, 2.45) is 11.3 Å². The van der Waals surface area contributed by atoms with Gasteiger partial charge in [-0.05, 0) is 31.3 Å². The van der Waals surface area contributed by atoms with E-state index in [2.05, 4.69) is 31.2 Å². The summed E-state index contributed by atoms with van der Waals surface area (Å²) >= 11 is 0. The van der Waals surface area contributed by atoms with Crippen LogP contribution in [0, 0.1) is 11.3 Å². The first kappa shape index (κ1) is 5.82. The van der Waals surface area contributed by atoms with Crippen molar-refractivity contribution in [3.63, 3.8) is 0 Å². The van der Waals surface area contributed by atoms with E-state index in [1.54, 1.807) is 11.1 Å². The first-order chi connectivity index (χ1) is 5.31. The summed E-state index contributed by atoms with van der Waals surface area (Å²) in [6.07, 6.45) is 12.0. The van der Waals surface area contributed by atoms with Gasteiger partial charge in [0.15, 0.2) is 0 Å². The van der Waals surface area contributed by atoms with Crippen LogP contribution in [0.15, 0.2) is 35.5 Å². The second-order valence-electron chi connectivity index (χ2n) is 4.14. The summed E-state index contributed by atoms with van der Waals surface area (Å²) in [5.41, 5.74) is 3.78. The zero-order valence-electron chi connectivity index (χ0n) is 6.80. The molecular weight excluding hydrogens is 132 g/mol. The Morgan fingerprint density at radius 3 is 3.27 bits per heavy atom. The first-order valence-corrected chi connectivity index (χ1v) is 4.37. The highest BCUT2D eigenvalue weighted by Crippen LogP contribution is 2.66. The van der Waals surface area contributed by atoms with Crippen LogP contribution in [-0.2, 0) is 0 Å². The summed E-state index contributed by atoms with van der Waals surface area (Å²) in [7, 11) is 0. The van der Waals surface area contributed by atoms with E-state index in [1.165, 1.54) is 12.8 Å². The lowest BCUT2D eigenvalue weighted by Crippen LogP contribution is -2.02. The maximum absolute atomic E-state index is 2.38. The van der Waals surface area contributed by atoms with Gasteiger partial charge in [0.2, 0.25) is 0 Å². The molecule has 2 unspecified atom stereocenters. The van der Waals surface area contributed by atoms with Gasteiger partial charge in [-0.2, -0.15) is 0 Å². The quantitative estimate of drug-likeness (QED) is 0.490. The minimum Gasteiger partial charge on any atom is -0.0805 e. The molecule has 3 aliphatic rings. The second kappa shape index (κ2) is 1.52. The van der Waals surface area contributed by atoms with Crippen LogP contribution in [0.2, 0.25) is 0 Å². The van der Waals surface area contributed by atoms with E-state index in [0.29, 0.717) is 5.41 Å². The van der Waals surface area contributed by atoms with E-state index >= 15 is 0 Å². The monoisotopic (exact) mass is 144 g/mol. The molecule has 1 spiro atoms. The lowest BCUT2D eigenvalue weighted by Gasteiger charge is -2.12. The Balaban J connectivity index is 2.13. The molecule has 2 atom stereocenters. The van der Waals surface area contributed by atoms with Crippen LogP contribution in [0.3, 0.4) is 0 Å². The van der Waals surface area contributed by atoms with Crippen molar-refractivity contribution in [3.8, 4) is 0 Å². The zero-order valence-corrected chi connectivity index (χ0v) is 6.80. The minimum atomic E-state index is 0.610. The maximum atomic E-state index is 2.38. The summed E-state index contributed by atoms with van der Waals surface area (Å²) in [6, 6.07) is 0. The minimum absolute atomic E-state index is 0.610. The van der Waals surface area contributed by atoms with Gasteiger partial charge in [0, 0.05) is 5.41 Å². The van der Waals surface area contributed by atoms with E-state index < -0.39 is 0 Å². The highest BCUT2D eigenvalue weighted by Gasteiger charge is 2.56. The van der Waals surface area contributed by atoms with Crippen molar-refractivity contribution < 1.29 is 0 Å². The predicted octanol–water partition coefficient (Wildman–Crippen LogP) is 2.84. The fraction of sp³-hybridized carbons (Fsp3) is 0.455. The Hall–Kier alpha value is -0.780. The predicted molar refractivity (Wildman–Crippen MR) is 46.1 cm³/mol. The van der Waals surface area contributed by atoms with Gasteiger partial charge in [-0.3, -0.25) is 0 Å². The van der Waals surface area contributed by atoms with Crippen molar-refractivity contribution in [1.29, 1.82) is 0 Å². The van der Waals surface area contributed by atoms with Gasteiger partial charge in [-0.25, -0.2) is 0 Å². The first-order valence-electron chi connectivity index (χ1n) is 4.37. The van der Waals surface area contributed by atoms with Crippen molar-refractivity contribution >= 4 is 0 Å². The molecule has 56 valence electrons. The molecule has 3 rings (SSSR count). The lowest BCUT2D eigenvalue weighted by atomic mass is 9.91. The molecule has 0 heteroatoms. The molecule has 0 bridgehead atoms. The summed E-state index contributed by atoms with van der Waals surface area (Å²) in [5, 5.41) is 0. The third kappa shape index (κ3) is 0.563. The normalized spacial score (nSPS) is 44.3. The van der Waals surface area contributed by atoms with Crippen LogP contribution in [0.4, 0.5) is 0 Å². The standard InChI is InChI=1S/C11H12/c1-8-5-9-3-2-4-10-7-11(9,10)6-8/h2-5,10H,6-7H2,1H3. The Kier molecular flexibility index (Phi) is 0.806. The summed E-state index contributed by atoms with van der Waals surface area (Å²) in [4.78, 5) is 0. The van der Waals surface area contributed by atoms with Crippen LogP contribution in [0.1, 0.15) is 19.8 Å². The van der Waals surface area contributed by atoms with E-state index in [0.717, 1.165) is 5.92 Å². The van der Waals surface area contributed by atoms with Gasteiger partial charge in [0.1, 0.15) is 0 Å². The number of hydrogen-bond donors (Lipinski definition) is 0. The summed E-state index contributed by atoms with van der Waals surface area (Å²) in [6.45, 7) is 2.25. The van der Waals surface area contributed by atoms with Crippen LogP contribution < -0.4 is 0 Å². The summed E-state index contributed by atoms with van der Waals surface area (Å²) < 4.78 is 0. The average Bonchev–Trinajstić information content (AvgIpc) is 2.55. The molecular formula is C11H12. The van der Waals surface area contributed by atoms with Gasteiger partial charge in [0.25, 0.3) is 0 Å². The third-order valence-electron chi connectivity index (χ3n) is 3.32. The summed E-state index contributed by atoms with van der Waals surface area (Å²) in [5.74, 6) is 0.885. The molecule has 0 aromatic carbocycles. The zero-order chi connectivity index (χ0) is 7.47. The lowest BCUT2D eigenvalue weighted by molar-refractivity contribution is 0.603. The molecule has 0 amide bonds. The van der Waals surface area contributed by atoms with Crippen molar-refractivity contribution in [3.05, 3.63) is 35.5 Å². The topological polar surface area (TPSA) is 0 Å². The Morgan fingerprint density at radius 1 is 1.55 bits per heavy atom. The average molecular weight is 144 g/mol. The van der Waals surface area contributed by atoms with Crippen molar-refractivity contribution in [2.75, 3.05) is 0 Å². The molecule has 1 fully saturated rings. The van der Waals surface area contributed by atoms with Crippen molar-refractivity contribution in [2.45, 2.75) is 19.8 Å². The highest BCUT2D eigenvalue weighted by molar-refractivity contribution is 5.49. The molecule has 0 aromatic heterocycles. The van der Waals surface area contributed by atoms with Crippen LogP contribution >= 0.6 is 0 Å². The third-order valence-corrected chi connectivity index (χ3v) is 3.32. The Bertz CT molecular complexity index is 304. The molecule has 0 saturated heterocycles.